The lowest BCUT2D eigenvalue weighted by molar-refractivity contribution is -0.175. The zero-order chi connectivity index (χ0) is 12.9. The minimum absolute atomic E-state index is 0.425. The molecule has 104 valence electrons. The van der Waals surface area contributed by atoms with E-state index in [1.807, 2.05) is 30.3 Å². The summed E-state index contributed by atoms with van der Waals surface area (Å²) in [6, 6.07) is 10.5. The van der Waals surface area contributed by atoms with Gasteiger partial charge in [0.1, 0.15) is 5.75 Å². The van der Waals surface area contributed by atoms with E-state index < -0.39 is 0 Å². The largest absolute Gasteiger partial charge is 0.406 e. The summed E-state index contributed by atoms with van der Waals surface area (Å²) >= 11 is 0. The Hall–Kier alpha value is -1.06. The second-order valence-corrected chi connectivity index (χ2v) is 5.59. The predicted molar refractivity (Wildman–Crippen MR) is 75.0 cm³/mol. The Bertz CT molecular complexity index is 376. The van der Waals surface area contributed by atoms with Crippen LogP contribution in [0.3, 0.4) is 0 Å². The molecule has 1 saturated heterocycles. The number of ether oxygens (including phenoxy) is 1. The molecule has 1 unspecified atom stereocenters. The third kappa shape index (κ3) is 3.28. The summed E-state index contributed by atoms with van der Waals surface area (Å²) in [6.45, 7) is 2.46. The molecule has 0 aromatic heterocycles. The maximum absolute atomic E-state index is 6.07. The standard InChI is InChI=1S/C16H23NO2/c1-3-7-14(8-4-1)16-13-18-12-11-17(16)19-15-9-5-2-6-10-15/h2,5-6,9-10,14,16H,1,3-4,7-8,11-13H2. The molecule has 0 spiro atoms. The van der Waals surface area contributed by atoms with Crippen molar-refractivity contribution in [3.8, 4) is 5.75 Å². The summed E-state index contributed by atoms with van der Waals surface area (Å²) in [5.41, 5.74) is 0. The van der Waals surface area contributed by atoms with E-state index in [9.17, 15) is 0 Å². The maximum atomic E-state index is 6.07. The van der Waals surface area contributed by atoms with Crippen LogP contribution in [-0.4, -0.2) is 30.9 Å². The van der Waals surface area contributed by atoms with Crippen LogP contribution >= 0.6 is 0 Å². The first kappa shape index (κ1) is 12.9. The van der Waals surface area contributed by atoms with Crippen molar-refractivity contribution in [3.05, 3.63) is 30.3 Å². The number of hydroxylamine groups is 2. The van der Waals surface area contributed by atoms with Crippen molar-refractivity contribution in [3.63, 3.8) is 0 Å². The van der Waals surface area contributed by atoms with Crippen LogP contribution in [0.25, 0.3) is 0 Å². The molecule has 0 radical (unpaired) electrons. The van der Waals surface area contributed by atoms with Crippen LogP contribution < -0.4 is 4.84 Å². The topological polar surface area (TPSA) is 21.7 Å². The van der Waals surface area contributed by atoms with E-state index in [0.29, 0.717) is 6.04 Å². The third-order valence-corrected chi connectivity index (χ3v) is 4.27. The molecule has 1 atom stereocenters. The summed E-state index contributed by atoms with van der Waals surface area (Å²) in [7, 11) is 0. The third-order valence-electron chi connectivity index (χ3n) is 4.27. The fourth-order valence-electron chi connectivity index (χ4n) is 3.23. The van der Waals surface area contributed by atoms with Gasteiger partial charge in [0.05, 0.1) is 25.8 Å². The zero-order valence-electron chi connectivity index (χ0n) is 11.5. The molecule has 3 nitrogen and oxygen atoms in total. The number of morpholine rings is 1. The van der Waals surface area contributed by atoms with E-state index in [-0.39, 0.29) is 0 Å². The highest BCUT2D eigenvalue weighted by molar-refractivity contribution is 5.20. The Labute approximate surface area is 115 Å². The van der Waals surface area contributed by atoms with Crippen LogP contribution in [0.1, 0.15) is 32.1 Å². The summed E-state index contributed by atoms with van der Waals surface area (Å²) < 4.78 is 5.68. The van der Waals surface area contributed by atoms with Gasteiger partial charge in [-0.05, 0) is 30.9 Å². The number of nitrogens with zero attached hydrogens (tertiary/aromatic N) is 1. The van der Waals surface area contributed by atoms with Gasteiger partial charge in [-0.1, -0.05) is 37.5 Å². The molecule has 1 aromatic rings. The second kappa shape index (κ2) is 6.40. The van der Waals surface area contributed by atoms with E-state index >= 15 is 0 Å². The Kier molecular flexibility index (Phi) is 4.36. The highest BCUT2D eigenvalue weighted by atomic mass is 16.7. The molecule has 1 heterocycles. The van der Waals surface area contributed by atoms with Gasteiger partial charge in [-0.2, -0.15) is 0 Å². The van der Waals surface area contributed by atoms with Crippen molar-refractivity contribution in [2.75, 3.05) is 19.8 Å². The van der Waals surface area contributed by atoms with Crippen molar-refractivity contribution in [1.82, 2.24) is 5.06 Å². The van der Waals surface area contributed by atoms with Gasteiger partial charge in [0.25, 0.3) is 0 Å². The Morgan fingerprint density at radius 1 is 1.05 bits per heavy atom. The molecule has 1 aromatic carbocycles. The van der Waals surface area contributed by atoms with Gasteiger partial charge in [0, 0.05) is 0 Å². The Morgan fingerprint density at radius 3 is 2.63 bits per heavy atom. The molecule has 1 aliphatic carbocycles. The maximum Gasteiger partial charge on any atom is 0.147 e. The molecular weight excluding hydrogens is 238 g/mol. The van der Waals surface area contributed by atoms with E-state index in [1.54, 1.807) is 0 Å². The quantitative estimate of drug-likeness (QED) is 0.833. The molecule has 19 heavy (non-hydrogen) atoms. The molecule has 3 heteroatoms. The van der Waals surface area contributed by atoms with E-state index in [2.05, 4.69) is 5.06 Å². The lowest BCUT2D eigenvalue weighted by Gasteiger charge is -2.40. The van der Waals surface area contributed by atoms with Crippen molar-refractivity contribution in [1.29, 1.82) is 0 Å². The minimum Gasteiger partial charge on any atom is -0.406 e. The van der Waals surface area contributed by atoms with E-state index in [4.69, 9.17) is 9.57 Å². The van der Waals surface area contributed by atoms with E-state index in [1.165, 1.54) is 32.1 Å². The lowest BCUT2D eigenvalue weighted by atomic mass is 9.83. The van der Waals surface area contributed by atoms with Crippen molar-refractivity contribution < 1.29 is 9.57 Å². The molecule has 0 bridgehead atoms. The fourth-order valence-corrected chi connectivity index (χ4v) is 3.23. The van der Waals surface area contributed by atoms with Crippen LogP contribution in [0.4, 0.5) is 0 Å². The number of hydrogen-bond donors (Lipinski definition) is 0. The van der Waals surface area contributed by atoms with Crippen LogP contribution in [0.5, 0.6) is 5.75 Å². The second-order valence-electron chi connectivity index (χ2n) is 5.59. The summed E-state index contributed by atoms with van der Waals surface area (Å²) in [5.74, 6) is 1.67. The minimum atomic E-state index is 0.425. The van der Waals surface area contributed by atoms with E-state index in [0.717, 1.165) is 31.4 Å². The van der Waals surface area contributed by atoms with Gasteiger partial charge in [0.2, 0.25) is 0 Å². The molecule has 1 aliphatic heterocycles. The number of benzene rings is 1. The first-order valence-corrected chi connectivity index (χ1v) is 7.51. The van der Waals surface area contributed by atoms with Crippen molar-refractivity contribution >= 4 is 0 Å². The first-order valence-electron chi connectivity index (χ1n) is 7.51. The SMILES string of the molecule is c1ccc(ON2CCOCC2C2CCCCC2)cc1. The van der Waals surface area contributed by atoms with Crippen molar-refractivity contribution in [2.24, 2.45) is 5.92 Å². The number of hydrogen-bond acceptors (Lipinski definition) is 3. The molecule has 0 N–H and O–H groups in total. The van der Waals surface area contributed by atoms with Gasteiger partial charge in [0.15, 0.2) is 0 Å². The average molecular weight is 261 g/mol. The van der Waals surface area contributed by atoms with Gasteiger partial charge in [-0.25, -0.2) is 0 Å². The Morgan fingerprint density at radius 2 is 1.84 bits per heavy atom. The van der Waals surface area contributed by atoms with Gasteiger partial charge < -0.3 is 9.57 Å². The molecule has 1 saturated carbocycles. The predicted octanol–water partition coefficient (Wildman–Crippen LogP) is 3.26. The van der Waals surface area contributed by atoms with Crippen LogP contribution in [0.2, 0.25) is 0 Å². The van der Waals surface area contributed by atoms with Crippen molar-refractivity contribution in [2.45, 2.75) is 38.1 Å². The number of para-hydroxylation sites is 1. The zero-order valence-corrected chi connectivity index (χ0v) is 11.5. The molecule has 3 rings (SSSR count). The summed E-state index contributed by atoms with van der Waals surface area (Å²) in [5, 5.41) is 2.16. The lowest BCUT2D eigenvalue weighted by Crippen LogP contribution is -2.51. The summed E-state index contributed by atoms with van der Waals surface area (Å²) in [6.07, 6.45) is 6.76. The number of rotatable bonds is 3. The fraction of sp³-hybridized carbons (Fsp3) is 0.625. The first-order chi connectivity index (χ1) is 9.43. The molecule has 2 fully saturated rings. The molecule has 2 aliphatic rings. The van der Waals surface area contributed by atoms with Gasteiger partial charge >= 0.3 is 0 Å². The molecular formula is C16H23NO2. The normalized spacial score (nSPS) is 26.2. The Balaban J connectivity index is 1.66. The van der Waals surface area contributed by atoms with Crippen LogP contribution in [0, 0.1) is 5.92 Å². The van der Waals surface area contributed by atoms with Gasteiger partial charge in [-0.3, -0.25) is 0 Å². The van der Waals surface area contributed by atoms with Crippen LogP contribution in [-0.2, 0) is 4.74 Å². The highest BCUT2D eigenvalue weighted by Crippen LogP contribution is 2.31. The summed E-state index contributed by atoms with van der Waals surface area (Å²) in [4.78, 5) is 6.07. The van der Waals surface area contributed by atoms with Crippen LogP contribution in [0.15, 0.2) is 30.3 Å². The smallest absolute Gasteiger partial charge is 0.147 e. The highest BCUT2D eigenvalue weighted by Gasteiger charge is 2.32. The average Bonchev–Trinajstić information content (AvgIpc) is 2.50. The monoisotopic (exact) mass is 261 g/mol. The molecule has 0 amide bonds. The van der Waals surface area contributed by atoms with Gasteiger partial charge in [-0.15, -0.1) is 5.06 Å².